The molecule has 2 nitrogen and oxygen atoms in total. The molecule has 1 aromatic carbocycles. The van der Waals surface area contributed by atoms with E-state index in [2.05, 4.69) is 52.1 Å². The van der Waals surface area contributed by atoms with Gasteiger partial charge >= 0.3 is 0 Å². The second-order valence-electron chi connectivity index (χ2n) is 5.79. The fourth-order valence-electron chi connectivity index (χ4n) is 2.98. The predicted octanol–water partition coefficient (Wildman–Crippen LogP) is 3.71. The van der Waals surface area contributed by atoms with E-state index in [-0.39, 0.29) is 0 Å². The van der Waals surface area contributed by atoms with E-state index in [0.29, 0.717) is 6.04 Å². The topological polar surface area (TPSA) is 15.3 Å². The number of hydrogen-bond donors (Lipinski definition) is 1. The Kier molecular flexibility index (Phi) is 3.37. The number of likely N-dealkylation sites (tertiary alicyclic amines) is 1. The van der Waals surface area contributed by atoms with Crippen LogP contribution in [0.1, 0.15) is 30.4 Å². The highest BCUT2D eigenvalue weighted by Crippen LogP contribution is 2.33. The minimum Gasteiger partial charge on any atom is -0.380 e. The van der Waals surface area contributed by atoms with Gasteiger partial charge in [-0.3, -0.25) is 4.90 Å². The number of benzene rings is 1. The quantitative estimate of drug-likeness (QED) is 0.915. The van der Waals surface area contributed by atoms with Crippen molar-refractivity contribution in [1.82, 2.24) is 4.90 Å². The summed E-state index contributed by atoms with van der Waals surface area (Å²) in [5, 5.41) is 3.73. The molecule has 0 radical (unpaired) electrons. The second-order valence-corrected chi connectivity index (χ2v) is 6.65. The molecule has 0 bridgehead atoms. The first-order chi connectivity index (χ1) is 8.63. The Morgan fingerprint density at radius 3 is 2.67 bits per heavy atom. The minimum absolute atomic E-state index is 0.614. The normalized spacial score (nSPS) is 24.5. The number of aryl methyl sites for hydroxylation is 2. The molecule has 1 aliphatic carbocycles. The highest BCUT2D eigenvalue weighted by molar-refractivity contribution is 9.10. The molecule has 0 aromatic heterocycles. The first kappa shape index (κ1) is 12.5. The molecular formula is C15H21BrN2. The van der Waals surface area contributed by atoms with E-state index >= 15 is 0 Å². The zero-order chi connectivity index (χ0) is 12.7. The lowest BCUT2D eigenvalue weighted by molar-refractivity contribution is 0.326. The highest BCUT2D eigenvalue weighted by atomic mass is 79.9. The molecule has 18 heavy (non-hydrogen) atoms. The Morgan fingerprint density at radius 1 is 1.22 bits per heavy atom. The Bertz CT molecular complexity index is 431. The SMILES string of the molecule is Cc1cc(C)c(NC2CCN(C3CC3)C2)c(Br)c1. The molecule has 3 rings (SSSR count). The third-order valence-corrected chi connectivity index (χ3v) is 4.69. The van der Waals surface area contributed by atoms with E-state index in [9.17, 15) is 0 Å². The number of halogens is 1. The first-order valence-corrected chi connectivity index (χ1v) is 7.70. The van der Waals surface area contributed by atoms with Gasteiger partial charge in [0.1, 0.15) is 0 Å². The molecule has 1 unspecified atom stereocenters. The van der Waals surface area contributed by atoms with E-state index in [1.54, 1.807) is 0 Å². The minimum atomic E-state index is 0.614. The molecule has 1 aromatic rings. The van der Waals surface area contributed by atoms with Crippen LogP contribution in [0.4, 0.5) is 5.69 Å². The summed E-state index contributed by atoms with van der Waals surface area (Å²) in [6, 6.07) is 5.96. The van der Waals surface area contributed by atoms with Crippen LogP contribution in [0, 0.1) is 13.8 Å². The van der Waals surface area contributed by atoms with Gasteiger partial charge in [-0.15, -0.1) is 0 Å². The molecule has 2 fully saturated rings. The maximum Gasteiger partial charge on any atom is 0.0517 e. The average molecular weight is 309 g/mol. The third-order valence-electron chi connectivity index (χ3n) is 4.06. The Hall–Kier alpha value is -0.540. The van der Waals surface area contributed by atoms with E-state index in [1.807, 2.05) is 0 Å². The van der Waals surface area contributed by atoms with Crippen LogP contribution < -0.4 is 5.32 Å². The van der Waals surface area contributed by atoms with Crippen molar-refractivity contribution in [1.29, 1.82) is 0 Å². The summed E-state index contributed by atoms with van der Waals surface area (Å²) in [6.07, 6.45) is 4.11. The number of nitrogens with zero attached hydrogens (tertiary/aromatic N) is 1. The van der Waals surface area contributed by atoms with Crippen LogP contribution in [0.2, 0.25) is 0 Å². The number of nitrogens with one attached hydrogen (secondary N) is 1. The van der Waals surface area contributed by atoms with Gasteiger partial charge < -0.3 is 5.32 Å². The molecule has 0 spiro atoms. The van der Waals surface area contributed by atoms with Gasteiger partial charge in [-0.25, -0.2) is 0 Å². The van der Waals surface area contributed by atoms with Crippen molar-refractivity contribution in [3.8, 4) is 0 Å². The third kappa shape index (κ3) is 2.57. The molecule has 1 heterocycles. The molecular weight excluding hydrogens is 288 g/mol. The summed E-state index contributed by atoms with van der Waals surface area (Å²) in [6.45, 7) is 6.81. The van der Waals surface area contributed by atoms with Crippen molar-refractivity contribution in [3.05, 3.63) is 27.7 Å². The molecule has 1 saturated carbocycles. The molecule has 1 N–H and O–H groups in total. The zero-order valence-electron chi connectivity index (χ0n) is 11.2. The van der Waals surface area contributed by atoms with Crippen LogP contribution in [0.3, 0.4) is 0 Å². The fourth-order valence-corrected chi connectivity index (χ4v) is 3.77. The predicted molar refractivity (Wildman–Crippen MR) is 80.2 cm³/mol. The standard InChI is InChI=1S/C15H21BrN2/c1-10-7-11(2)15(14(16)8-10)17-12-5-6-18(9-12)13-3-4-13/h7-8,12-13,17H,3-6,9H2,1-2H3. The van der Waals surface area contributed by atoms with Crippen LogP contribution in [-0.2, 0) is 0 Å². The van der Waals surface area contributed by atoms with Crippen molar-refractivity contribution in [2.45, 2.75) is 45.2 Å². The number of hydrogen-bond acceptors (Lipinski definition) is 2. The maximum atomic E-state index is 3.73. The van der Waals surface area contributed by atoms with Crippen molar-refractivity contribution >= 4 is 21.6 Å². The van der Waals surface area contributed by atoms with Gasteiger partial charge in [0.2, 0.25) is 0 Å². The lowest BCUT2D eigenvalue weighted by Gasteiger charge is -2.19. The highest BCUT2D eigenvalue weighted by Gasteiger charge is 2.34. The molecule has 2 aliphatic rings. The lowest BCUT2D eigenvalue weighted by atomic mass is 10.1. The molecule has 1 aliphatic heterocycles. The lowest BCUT2D eigenvalue weighted by Crippen LogP contribution is -2.28. The van der Waals surface area contributed by atoms with E-state index in [1.165, 1.54) is 53.6 Å². The smallest absolute Gasteiger partial charge is 0.0517 e. The molecule has 0 amide bonds. The second kappa shape index (κ2) is 4.86. The summed E-state index contributed by atoms with van der Waals surface area (Å²) in [4.78, 5) is 2.65. The largest absolute Gasteiger partial charge is 0.380 e. The van der Waals surface area contributed by atoms with Crippen LogP contribution in [0.5, 0.6) is 0 Å². The van der Waals surface area contributed by atoms with Gasteiger partial charge in [-0.05, 0) is 66.2 Å². The Labute approximate surface area is 118 Å². The molecule has 1 saturated heterocycles. The summed E-state index contributed by atoms with van der Waals surface area (Å²) >= 11 is 3.69. The number of anilines is 1. The molecule has 3 heteroatoms. The summed E-state index contributed by atoms with van der Waals surface area (Å²) in [5.41, 5.74) is 3.94. The summed E-state index contributed by atoms with van der Waals surface area (Å²) in [5.74, 6) is 0. The van der Waals surface area contributed by atoms with Gasteiger partial charge in [0.15, 0.2) is 0 Å². The van der Waals surface area contributed by atoms with Gasteiger partial charge in [0.25, 0.3) is 0 Å². The Morgan fingerprint density at radius 2 is 2.00 bits per heavy atom. The van der Waals surface area contributed by atoms with Crippen LogP contribution in [-0.4, -0.2) is 30.1 Å². The van der Waals surface area contributed by atoms with Crippen molar-refractivity contribution in [3.63, 3.8) is 0 Å². The van der Waals surface area contributed by atoms with Crippen LogP contribution in [0.15, 0.2) is 16.6 Å². The zero-order valence-corrected chi connectivity index (χ0v) is 12.8. The molecule has 98 valence electrons. The Balaban J connectivity index is 1.69. The first-order valence-electron chi connectivity index (χ1n) is 6.91. The maximum absolute atomic E-state index is 3.73. The average Bonchev–Trinajstić information content (AvgIpc) is 3.04. The van der Waals surface area contributed by atoms with Gasteiger partial charge in [0, 0.05) is 29.6 Å². The van der Waals surface area contributed by atoms with Gasteiger partial charge in [-0.2, -0.15) is 0 Å². The summed E-state index contributed by atoms with van der Waals surface area (Å²) in [7, 11) is 0. The van der Waals surface area contributed by atoms with Crippen molar-refractivity contribution < 1.29 is 0 Å². The number of rotatable bonds is 3. The van der Waals surface area contributed by atoms with E-state index in [4.69, 9.17) is 0 Å². The van der Waals surface area contributed by atoms with Gasteiger partial charge in [0.05, 0.1) is 5.69 Å². The monoisotopic (exact) mass is 308 g/mol. The van der Waals surface area contributed by atoms with Crippen molar-refractivity contribution in [2.24, 2.45) is 0 Å². The van der Waals surface area contributed by atoms with E-state index in [0.717, 1.165) is 6.04 Å². The fraction of sp³-hybridized carbons (Fsp3) is 0.600. The van der Waals surface area contributed by atoms with Gasteiger partial charge in [-0.1, -0.05) is 6.07 Å². The van der Waals surface area contributed by atoms with Crippen molar-refractivity contribution in [2.75, 3.05) is 18.4 Å². The van der Waals surface area contributed by atoms with Crippen LogP contribution in [0.25, 0.3) is 0 Å². The van der Waals surface area contributed by atoms with E-state index < -0.39 is 0 Å². The van der Waals surface area contributed by atoms with Crippen LogP contribution >= 0.6 is 15.9 Å². The summed E-state index contributed by atoms with van der Waals surface area (Å²) < 4.78 is 1.20. The molecule has 1 atom stereocenters.